The zero-order valence-electron chi connectivity index (χ0n) is 21.4. The number of likely N-dealkylation sites (N-methyl/N-ethyl adjacent to an activating group) is 1. The van der Waals surface area contributed by atoms with Crippen LogP contribution >= 0.6 is 0 Å². The first-order valence-corrected chi connectivity index (χ1v) is 12.5. The zero-order valence-corrected chi connectivity index (χ0v) is 21.4. The summed E-state index contributed by atoms with van der Waals surface area (Å²) in [4.78, 5) is 21.4. The first-order chi connectivity index (χ1) is 16.6. The van der Waals surface area contributed by atoms with Crippen LogP contribution in [0.2, 0.25) is 0 Å². The quantitative estimate of drug-likeness (QED) is 0.315. The average molecular weight is 465 g/mol. The summed E-state index contributed by atoms with van der Waals surface area (Å²) in [6, 6.07) is 10.6. The van der Waals surface area contributed by atoms with Gasteiger partial charge in [0.05, 0.1) is 0 Å². The van der Waals surface area contributed by atoms with Gasteiger partial charge in [-0.3, -0.25) is 0 Å². The van der Waals surface area contributed by atoms with Gasteiger partial charge in [-0.1, -0.05) is 32.1 Å². The summed E-state index contributed by atoms with van der Waals surface area (Å²) in [6.07, 6.45) is 4.83. The van der Waals surface area contributed by atoms with Crippen molar-refractivity contribution in [1.82, 2.24) is 25.7 Å². The highest BCUT2D eigenvalue weighted by Gasteiger charge is 2.17. The van der Waals surface area contributed by atoms with Crippen LogP contribution in [0.5, 0.6) is 0 Å². The highest BCUT2D eigenvalue weighted by molar-refractivity contribution is 5.84. The fourth-order valence-electron chi connectivity index (χ4n) is 3.85. The number of aromatic nitrogens is 2. The molecule has 2 N–H and O–H groups in total. The number of benzene rings is 1. The molecular formula is C26H40N8. The third-order valence-corrected chi connectivity index (χ3v) is 5.98. The molecule has 1 saturated heterocycles. The molecule has 8 heteroatoms. The van der Waals surface area contributed by atoms with E-state index >= 15 is 0 Å². The Balaban J connectivity index is 1.87. The van der Waals surface area contributed by atoms with Crippen LogP contribution in [-0.4, -0.2) is 73.6 Å². The summed E-state index contributed by atoms with van der Waals surface area (Å²) in [5.41, 5.74) is 8.66. The monoisotopic (exact) mass is 464 g/mol. The standard InChI is InChI=1S/C26H40N8/c1-6-23(31-27-7-2)28-25-20-26(34-18-16-32(5)17-19-34)30-24(29-25)15-12-21-10-13-22(14-11-21)33(8-3)9-4/h10-15,20,27H,6-9,16-19H2,1-5H3,(H,28,29,30,31)/b15-12+. The second kappa shape index (κ2) is 13.1. The smallest absolute Gasteiger partial charge is 0.160 e. The molecule has 3 rings (SSSR count). The van der Waals surface area contributed by atoms with E-state index in [1.165, 1.54) is 5.69 Å². The number of amidine groups is 1. The van der Waals surface area contributed by atoms with E-state index in [9.17, 15) is 0 Å². The van der Waals surface area contributed by atoms with Gasteiger partial charge in [-0.2, -0.15) is 0 Å². The predicted molar refractivity (Wildman–Crippen MR) is 145 cm³/mol. The summed E-state index contributed by atoms with van der Waals surface area (Å²) < 4.78 is 0. The highest BCUT2D eigenvalue weighted by atomic mass is 15.4. The first-order valence-electron chi connectivity index (χ1n) is 12.5. The molecule has 1 aliphatic heterocycles. The number of hydrogen-bond donors (Lipinski definition) is 2. The Morgan fingerprint density at radius 2 is 1.71 bits per heavy atom. The second-order valence-corrected chi connectivity index (χ2v) is 8.40. The van der Waals surface area contributed by atoms with E-state index in [1.54, 1.807) is 0 Å². The summed E-state index contributed by atoms with van der Waals surface area (Å²) in [5.74, 6) is 3.12. The molecular weight excluding hydrogens is 424 g/mol. The summed E-state index contributed by atoms with van der Waals surface area (Å²) in [5, 5.41) is 0. The minimum atomic E-state index is 0.668. The maximum atomic E-state index is 4.86. The van der Waals surface area contributed by atoms with Crippen molar-refractivity contribution in [2.24, 2.45) is 4.99 Å². The molecule has 0 atom stereocenters. The van der Waals surface area contributed by atoms with Crippen molar-refractivity contribution in [2.45, 2.75) is 34.1 Å². The second-order valence-electron chi connectivity index (χ2n) is 8.40. The molecule has 2 heterocycles. The molecule has 1 fully saturated rings. The topological polar surface area (TPSA) is 71.9 Å². The molecule has 0 amide bonds. The predicted octanol–water partition coefficient (Wildman–Crippen LogP) is 3.80. The van der Waals surface area contributed by atoms with Crippen molar-refractivity contribution in [3.63, 3.8) is 0 Å². The minimum absolute atomic E-state index is 0.668. The van der Waals surface area contributed by atoms with E-state index in [-0.39, 0.29) is 0 Å². The van der Waals surface area contributed by atoms with Crippen molar-refractivity contribution < 1.29 is 0 Å². The Morgan fingerprint density at radius 3 is 2.32 bits per heavy atom. The fourth-order valence-corrected chi connectivity index (χ4v) is 3.85. The average Bonchev–Trinajstić information content (AvgIpc) is 2.87. The molecule has 0 bridgehead atoms. The normalized spacial score (nSPS) is 15.2. The van der Waals surface area contributed by atoms with Gasteiger partial charge in [0, 0.05) is 64.0 Å². The van der Waals surface area contributed by atoms with Gasteiger partial charge in [0.25, 0.3) is 0 Å². The number of nitrogens with zero attached hydrogens (tertiary/aromatic N) is 6. The molecule has 0 spiro atoms. The van der Waals surface area contributed by atoms with E-state index in [0.717, 1.165) is 69.5 Å². The number of aliphatic imine (C=N–C) groups is 1. The number of nitrogens with one attached hydrogen (secondary N) is 2. The van der Waals surface area contributed by atoms with Crippen molar-refractivity contribution >= 4 is 35.3 Å². The molecule has 0 saturated carbocycles. The Kier molecular flexibility index (Phi) is 9.85. The van der Waals surface area contributed by atoms with Crippen LogP contribution in [-0.2, 0) is 0 Å². The van der Waals surface area contributed by atoms with Crippen LogP contribution in [0.3, 0.4) is 0 Å². The van der Waals surface area contributed by atoms with E-state index in [0.29, 0.717) is 11.6 Å². The van der Waals surface area contributed by atoms with Gasteiger partial charge in [0.1, 0.15) is 11.7 Å². The zero-order chi connectivity index (χ0) is 24.3. The molecule has 0 aliphatic carbocycles. The van der Waals surface area contributed by atoms with E-state index in [2.05, 4.69) is 83.7 Å². The fraction of sp³-hybridized carbons (Fsp3) is 0.500. The van der Waals surface area contributed by atoms with Crippen molar-refractivity contribution in [1.29, 1.82) is 0 Å². The number of piperazine rings is 1. The lowest BCUT2D eigenvalue weighted by Gasteiger charge is -2.33. The third-order valence-electron chi connectivity index (χ3n) is 5.98. The number of anilines is 2. The Bertz CT molecular complexity index is 942. The van der Waals surface area contributed by atoms with Crippen LogP contribution in [0.4, 0.5) is 17.3 Å². The maximum Gasteiger partial charge on any atom is 0.160 e. The molecule has 184 valence electrons. The Labute approximate surface area is 204 Å². The number of rotatable bonds is 10. The maximum absolute atomic E-state index is 4.86. The van der Waals surface area contributed by atoms with Gasteiger partial charge >= 0.3 is 0 Å². The largest absolute Gasteiger partial charge is 0.372 e. The SMILES string of the molecule is CCNN/C(CC)=N/c1cc(N2CCN(C)CC2)nc(/C=C/c2ccc(N(CC)CC)cc2)n1. The van der Waals surface area contributed by atoms with Gasteiger partial charge < -0.3 is 20.1 Å². The van der Waals surface area contributed by atoms with Crippen molar-refractivity contribution in [3.8, 4) is 0 Å². The van der Waals surface area contributed by atoms with Crippen LogP contribution in [0.25, 0.3) is 12.2 Å². The van der Waals surface area contributed by atoms with Crippen molar-refractivity contribution in [2.75, 3.05) is 62.7 Å². The highest BCUT2D eigenvalue weighted by Crippen LogP contribution is 2.22. The Hall–Kier alpha value is -2.97. The van der Waals surface area contributed by atoms with E-state index in [1.807, 2.05) is 19.1 Å². The lowest BCUT2D eigenvalue weighted by molar-refractivity contribution is 0.312. The molecule has 1 aliphatic rings. The molecule has 8 nitrogen and oxygen atoms in total. The van der Waals surface area contributed by atoms with Gasteiger partial charge in [-0.05, 0) is 44.7 Å². The van der Waals surface area contributed by atoms with Gasteiger partial charge in [-0.25, -0.2) is 20.4 Å². The van der Waals surface area contributed by atoms with E-state index in [4.69, 9.17) is 15.0 Å². The minimum Gasteiger partial charge on any atom is -0.372 e. The molecule has 1 aromatic carbocycles. The summed E-state index contributed by atoms with van der Waals surface area (Å²) >= 11 is 0. The first kappa shape index (κ1) is 25.6. The lowest BCUT2D eigenvalue weighted by atomic mass is 10.2. The van der Waals surface area contributed by atoms with E-state index < -0.39 is 0 Å². The summed E-state index contributed by atoms with van der Waals surface area (Å²) in [6.45, 7) is 15.3. The molecule has 1 aromatic heterocycles. The molecule has 0 radical (unpaired) electrons. The number of hydrogen-bond acceptors (Lipinski definition) is 7. The van der Waals surface area contributed by atoms with Gasteiger partial charge in [0.15, 0.2) is 11.6 Å². The lowest BCUT2D eigenvalue weighted by Crippen LogP contribution is -2.44. The van der Waals surface area contributed by atoms with Gasteiger partial charge in [0.2, 0.25) is 0 Å². The molecule has 34 heavy (non-hydrogen) atoms. The van der Waals surface area contributed by atoms with Crippen LogP contribution in [0.1, 0.15) is 45.5 Å². The molecule has 0 unspecified atom stereocenters. The van der Waals surface area contributed by atoms with Crippen LogP contribution in [0.15, 0.2) is 35.3 Å². The molecule has 2 aromatic rings. The van der Waals surface area contributed by atoms with Crippen LogP contribution < -0.4 is 20.7 Å². The Morgan fingerprint density at radius 1 is 1.00 bits per heavy atom. The third kappa shape index (κ3) is 7.27. The van der Waals surface area contributed by atoms with Crippen LogP contribution in [0, 0.1) is 0 Å². The number of hydrazine groups is 1. The van der Waals surface area contributed by atoms with Gasteiger partial charge in [-0.15, -0.1) is 0 Å². The summed E-state index contributed by atoms with van der Waals surface area (Å²) in [7, 11) is 2.16. The van der Waals surface area contributed by atoms with Crippen molar-refractivity contribution in [3.05, 3.63) is 41.7 Å².